The maximum Gasteiger partial charge on any atom is 0.289 e. The Balaban J connectivity index is 1.94. The van der Waals surface area contributed by atoms with Gasteiger partial charge in [-0.2, -0.15) is 4.68 Å². The van der Waals surface area contributed by atoms with Crippen LogP contribution in [0.3, 0.4) is 0 Å². The Morgan fingerprint density at radius 2 is 2.04 bits per heavy atom. The number of nitro groups is 1. The van der Waals surface area contributed by atoms with E-state index in [1.165, 1.54) is 34.6 Å². The Kier molecular flexibility index (Phi) is 5.30. The molecule has 1 aromatic heterocycles. The molecule has 1 N–H and O–H groups in total. The van der Waals surface area contributed by atoms with Crippen LogP contribution in [0.15, 0.2) is 52.5 Å². The van der Waals surface area contributed by atoms with E-state index in [1.807, 2.05) is 6.26 Å². The van der Waals surface area contributed by atoms with Crippen LogP contribution < -0.4 is 4.72 Å². The molecule has 2 aromatic carbocycles. The van der Waals surface area contributed by atoms with Crippen LogP contribution in [0.1, 0.15) is 0 Å². The van der Waals surface area contributed by atoms with Crippen LogP contribution >= 0.6 is 23.4 Å². The third kappa shape index (κ3) is 4.02. The van der Waals surface area contributed by atoms with Gasteiger partial charge in [-0.05, 0) is 47.0 Å². The van der Waals surface area contributed by atoms with Gasteiger partial charge in [-0.15, -0.1) is 5.10 Å². The largest absolute Gasteiger partial charge is 0.289 e. The summed E-state index contributed by atoms with van der Waals surface area (Å²) in [5.74, 6) is 0. The minimum Gasteiger partial charge on any atom is -0.280 e. The van der Waals surface area contributed by atoms with Crippen LogP contribution in [0.5, 0.6) is 0 Å². The van der Waals surface area contributed by atoms with Crippen LogP contribution in [0, 0.1) is 10.1 Å². The van der Waals surface area contributed by atoms with Gasteiger partial charge in [-0.3, -0.25) is 14.8 Å². The van der Waals surface area contributed by atoms with E-state index in [2.05, 4.69) is 20.2 Å². The van der Waals surface area contributed by atoms with Gasteiger partial charge in [0.05, 0.1) is 21.2 Å². The Labute approximate surface area is 162 Å². The summed E-state index contributed by atoms with van der Waals surface area (Å²) in [4.78, 5) is 9.95. The van der Waals surface area contributed by atoms with Crippen molar-refractivity contribution in [3.63, 3.8) is 0 Å². The van der Waals surface area contributed by atoms with Gasteiger partial charge in [0.2, 0.25) is 5.16 Å². The Hall–Kier alpha value is -2.70. The van der Waals surface area contributed by atoms with Crippen molar-refractivity contribution in [2.24, 2.45) is 0 Å². The molecule has 13 heteroatoms. The second-order valence-electron chi connectivity index (χ2n) is 5.10. The smallest absolute Gasteiger partial charge is 0.280 e. The average molecular weight is 427 g/mol. The fourth-order valence-corrected chi connectivity index (χ4v) is 3.87. The first-order valence-corrected chi connectivity index (χ1v) is 10.3. The van der Waals surface area contributed by atoms with Crippen LogP contribution in [0.25, 0.3) is 5.69 Å². The van der Waals surface area contributed by atoms with E-state index in [9.17, 15) is 18.5 Å². The molecular formula is C14H11ClN6O4S2. The highest BCUT2D eigenvalue weighted by molar-refractivity contribution is 7.98. The van der Waals surface area contributed by atoms with Crippen molar-refractivity contribution in [1.29, 1.82) is 0 Å². The molecule has 0 aliphatic rings. The van der Waals surface area contributed by atoms with Crippen LogP contribution in [0.2, 0.25) is 5.02 Å². The normalized spacial score (nSPS) is 11.3. The SMILES string of the molecule is CSc1nnnn1-c1cccc(NS(=O)(=O)c2ccc(Cl)c([N+](=O)[O-])c2)c1. The monoisotopic (exact) mass is 426 g/mol. The van der Waals surface area contributed by atoms with E-state index in [0.29, 0.717) is 10.8 Å². The number of anilines is 1. The summed E-state index contributed by atoms with van der Waals surface area (Å²) < 4.78 is 29.0. The van der Waals surface area contributed by atoms with Gasteiger partial charge in [0.15, 0.2) is 0 Å². The predicted molar refractivity (Wildman–Crippen MR) is 99.8 cm³/mol. The first-order chi connectivity index (χ1) is 12.8. The molecule has 0 amide bonds. The molecule has 0 radical (unpaired) electrons. The fraction of sp³-hybridized carbons (Fsp3) is 0.0714. The molecule has 3 rings (SSSR count). The van der Waals surface area contributed by atoms with Gasteiger partial charge < -0.3 is 0 Å². The summed E-state index contributed by atoms with van der Waals surface area (Å²) in [5.41, 5.74) is 0.297. The maximum absolute atomic E-state index is 12.6. The fourth-order valence-electron chi connectivity index (χ4n) is 2.18. The molecule has 10 nitrogen and oxygen atoms in total. The standard InChI is InChI=1S/C14H11ClN6O4S2/c1-26-14-16-18-19-20(14)10-4-2-3-9(7-10)17-27(24,25)11-5-6-12(15)13(8-11)21(22)23/h2-8,17H,1H3. The highest BCUT2D eigenvalue weighted by Crippen LogP contribution is 2.28. The van der Waals surface area contributed by atoms with Gasteiger partial charge in [0, 0.05) is 6.07 Å². The molecule has 0 fully saturated rings. The molecule has 1 heterocycles. The number of nitro benzene ring substituents is 1. The van der Waals surface area contributed by atoms with Crippen LogP contribution in [-0.2, 0) is 10.0 Å². The molecular weight excluding hydrogens is 416 g/mol. The molecule has 0 aliphatic carbocycles. The summed E-state index contributed by atoms with van der Waals surface area (Å²) in [6, 6.07) is 9.67. The molecule has 3 aromatic rings. The number of sulfonamides is 1. The van der Waals surface area contributed by atoms with E-state index in [0.717, 1.165) is 12.1 Å². The van der Waals surface area contributed by atoms with Crippen molar-refractivity contribution in [3.8, 4) is 5.69 Å². The van der Waals surface area contributed by atoms with E-state index >= 15 is 0 Å². The number of aromatic nitrogens is 4. The molecule has 0 saturated carbocycles. The van der Waals surface area contributed by atoms with Gasteiger partial charge in [-0.1, -0.05) is 29.4 Å². The molecule has 27 heavy (non-hydrogen) atoms. The topological polar surface area (TPSA) is 133 Å². The van der Waals surface area contributed by atoms with Crippen molar-refractivity contribution in [2.75, 3.05) is 11.0 Å². The molecule has 0 saturated heterocycles. The first-order valence-electron chi connectivity index (χ1n) is 7.21. The van der Waals surface area contributed by atoms with Gasteiger partial charge in [0.25, 0.3) is 15.7 Å². The van der Waals surface area contributed by atoms with Crippen molar-refractivity contribution in [1.82, 2.24) is 20.2 Å². The number of tetrazole rings is 1. The second-order valence-corrected chi connectivity index (χ2v) is 7.97. The number of hydrogen-bond donors (Lipinski definition) is 1. The first kappa shape index (κ1) is 19.1. The van der Waals surface area contributed by atoms with Crippen LogP contribution in [-0.4, -0.2) is 39.8 Å². The van der Waals surface area contributed by atoms with Crippen LogP contribution in [0.4, 0.5) is 11.4 Å². The molecule has 140 valence electrons. The van der Waals surface area contributed by atoms with Gasteiger partial charge in [-0.25, -0.2) is 8.42 Å². The van der Waals surface area contributed by atoms with E-state index in [-0.39, 0.29) is 15.6 Å². The summed E-state index contributed by atoms with van der Waals surface area (Å²) in [5, 5.41) is 22.7. The Bertz CT molecular complexity index is 1120. The third-order valence-corrected chi connectivity index (χ3v) is 5.71. The summed E-state index contributed by atoms with van der Waals surface area (Å²) in [6.07, 6.45) is 1.81. The Morgan fingerprint density at radius 3 is 2.74 bits per heavy atom. The van der Waals surface area contributed by atoms with E-state index < -0.39 is 20.6 Å². The van der Waals surface area contributed by atoms with Crippen molar-refractivity contribution in [2.45, 2.75) is 10.1 Å². The zero-order chi connectivity index (χ0) is 19.6. The minimum absolute atomic E-state index is 0.149. The number of benzene rings is 2. The van der Waals surface area contributed by atoms with Gasteiger partial charge in [0.1, 0.15) is 5.02 Å². The highest BCUT2D eigenvalue weighted by Gasteiger charge is 2.21. The number of halogens is 1. The average Bonchev–Trinajstić information content (AvgIpc) is 3.10. The number of hydrogen-bond acceptors (Lipinski definition) is 8. The molecule has 0 spiro atoms. The quantitative estimate of drug-likeness (QED) is 0.361. The summed E-state index contributed by atoms with van der Waals surface area (Å²) in [6.45, 7) is 0. The zero-order valence-electron chi connectivity index (χ0n) is 13.6. The number of nitrogens with one attached hydrogen (secondary N) is 1. The van der Waals surface area contributed by atoms with Gasteiger partial charge >= 0.3 is 0 Å². The van der Waals surface area contributed by atoms with Crippen molar-refractivity contribution in [3.05, 3.63) is 57.6 Å². The summed E-state index contributed by atoms with van der Waals surface area (Å²) in [7, 11) is -4.07. The maximum atomic E-state index is 12.6. The highest BCUT2D eigenvalue weighted by atomic mass is 35.5. The predicted octanol–water partition coefficient (Wildman–Crippen LogP) is 2.75. The summed E-state index contributed by atoms with van der Waals surface area (Å²) >= 11 is 7.06. The lowest BCUT2D eigenvalue weighted by Crippen LogP contribution is -2.13. The zero-order valence-corrected chi connectivity index (χ0v) is 16.0. The minimum atomic E-state index is -4.07. The van der Waals surface area contributed by atoms with E-state index in [1.54, 1.807) is 12.1 Å². The lowest BCUT2D eigenvalue weighted by atomic mass is 10.3. The molecule has 0 unspecified atom stereocenters. The lowest BCUT2D eigenvalue weighted by molar-refractivity contribution is -0.384. The van der Waals surface area contributed by atoms with Crippen molar-refractivity contribution < 1.29 is 13.3 Å². The number of rotatable bonds is 6. The van der Waals surface area contributed by atoms with E-state index in [4.69, 9.17) is 11.6 Å². The number of nitrogens with zero attached hydrogens (tertiary/aromatic N) is 5. The lowest BCUT2D eigenvalue weighted by Gasteiger charge is -2.10. The Morgan fingerprint density at radius 1 is 1.26 bits per heavy atom. The molecule has 0 aliphatic heterocycles. The van der Waals surface area contributed by atoms with Crippen molar-refractivity contribution >= 4 is 44.8 Å². The molecule has 0 atom stereocenters. The molecule has 0 bridgehead atoms. The number of thioether (sulfide) groups is 1. The second kappa shape index (κ2) is 7.50. The third-order valence-electron chi connectivity index (χ3n) is 3.39.